The summed E-state index contributed by atoms with van der Waals surface area (Å²) in [6, 6.07) is 13.8. The van der Waals surface area contributed by atoms with Crippen LogP contribution in [0, 0.1) is 6.92 Å². The van der Waals surface area contributed by atoms with Crippen molar-refractivity contribution in [2.24, 2.45) is 5.10 Å². The smallest absolute Gasteiger partial charge is 0.328 e. The molecule has 0 spiro atoms. The van der Waals surface area contributed by atoms with Gasteiger partial charge in [0.15, 0.2) is 0 Å². The van der Waals surface area contributed by atoms with Crippen LogP contribution in [0.4, 0.5) is 5.69 Å². The minimum absolute atomic E-state index is 0.366. The minimum Gasteiger partial charge on any atom is -0.478 e. The molecule has 0 aromatic heterocycles. The van der Waals surface area contributed by atoms with Gasteiger partial charge in [-0.3, -0.25) is 9.59 Å². The summed E-state index contributed by atoms with van der Waals surface area (Å²) in [6.45, 7) is 1.98. The molecule has 3 N–H and O–H groups in total. The second-order valence-electron chi connectivity index (χ2n) is 5.35. The first kappa shape index (κ1) is 18.6. The van der Waals surface area contributed by atoms with E-state index >= 15 is 0 Å². The summed E-state index contributed by atoms with van der Waals surface area (Å²) < 4.78 is 0. The Balaban J connectivity index is 1.90. The number of rotatable bonds is 6. The number of hydrogen-bond acceptors (Lipinski definition) is 4. The molecule has 2 amide bonds. The van der Waals surface area contributed by atoms with E-state index in [9.17, 15) is 14.4 Å². The maximum atomic E-state index is 12.0. The van der Waals surface area contributed by atoms with E-state index in [0.29, 0.717) is 11.3 Å². The number of benzene rings is 2. The van der Waals surface area contributed by atoms with Crippen molar-refractivity contribution in [2.45, 2.75) is 6.92 Å². The van der Waals surface area contributed by atoms with Gasteiger partial charge in [0, 0.05) is 23.4 Å². The van der Waals surface area contributed by atoms with Crippen molar-refractivity contribution < 1.29 is 19.5 Å². The summed E-state index contributed by atoms with van der Waals surface area (Å²) in [4.78, 5) is 33.8. The second-order valence-corrected chi connectivity index (χ2v) is 5.35. The maximum Gasteiger partial charge on any atom is 0.328 e. The summed E-state index contributed by atoms with van der Waals surface area (Å²) in [7, 11) is 0. The van der Waals surface area contributed by atoms with Crippen LogP contribution in [-0.4, -0.2) is 29.1 Å². The van der Waals surface area contributed by atoms with Crippen LogP contribution in [0.15, 0.2) is 65.8 Å². The minimum atomic E-state index is -1.21. The molecule has 2 aromatic rings. The van der Waals surface area contributed by atoms with Gasteiger partial charge in [-0.2, -0.15) is 5.10 Å². The number of carbonyl (C=O) groups is 3. The lowest BCUT2D eigenvalue weighted by Gasteiger charge is -2.04. The Morgan fingerprint density at radius 2 is 1.62 bits per heavy atom. The fourth-order valence-corrected chi connectivity index (χ4v) is 1.92. The Kier molecular flexibility index (Phi) is 6.39. The van der Waals surface area contributed by atoms with Crippen molar-refractivity contribution in [1.29, 1.82) is 0 Å². The van der Waals surface area contributed by atoms with Crippen molar-refractivity contribution in [3.05, 3.63) is 77.4 Å². The summed E-state index contributed by atoms with van der Waals surface area (Å²) in [5.41, 5.74) is 5.22. The molecule has 0 saturated heterocycles. The van der Waals surface area contributed by atoms with Gasteiger partial charge in [0.2, 0.25) is 5.91 Å². The van der Waals surface area contributed by atoms with E-state index in [1.165, 1.54) is 24.3 Å². The molecule has 26 heavy (non-hydrogen) atoms. The first-order chi connectivity index (χ1) is 12.4. The Morgan fingerprint density at radius 3 is 2.23 bits per heavy atom. The van der Waals surface area contributed by atoms with Crippen molar-refractivity contribution >= 4 is 29.7 Å². The summed E-state index contributed by atoms with van der Waals surface area (Å²) in [6.07, 6.45) is 3.19. The highest BCUT2D eigenvalue weighted by Crippen LogP contribution is 2.09. The van der Waals surface area contributed by atoms with Crippen molar-refractivity contribution in [2.75, 3.05) is 5.32 Å². The van der Waals surface area contributed by atoms with Gasteiger partial charge in [-0.15, -0.1) is 0 Å². The molecular formula is C19H17N3O4. The van der Waals surface area contributed by atoms with E-state index in [0.717, 1.165) is 23.3 Å². The number of amides is 2. The van der Waals surface area contributed by atoms with Crippen molar-refractivity contribution in [1.82, 2.24) is 5.43 Å². The molecule has 2 rings (SSSR count). The van der Waals surface area contributed by atoms with E-state index in [1.807, 2.05) is 31.2 Å². The number of aryl methyl sites for hydroxylation is 1. The number of hydrogen-bond donors (Lipinski definition) is 3. The molecule has 0 unspecified atom stereocenters. The van der Waals surface area contributed by atoms with Crippen LogP contribution in [0.25, 0.3) is 0 Å². The molecule has 0 atom stereocenters. The molecule has 0 aliphatic heterocycles. The quantitative estimate of drug-likeness (QED) is 0.422. The van der Waals surface area contributed by atoms with Crippen molar-refractivity contribution in [3.8, 4) is 0 Å². The van der Waals surface area contributed by atoms with Gasteiger partial charge in [0.05, 0.1) is 6.21 Å². The standard InChI is InChI=1S/C19H17N3O4/c1-13-2-4-14(5-3-13)12-20-22-19(26)15-6-8-16(9-7-15)21-17(23)10-11-18(24)25/h2-12H,1H3,(H,21,23)(H,22,26)(H,24,25). The average molecular weight is 351 g/mol. The molecule has 7 nitrogen and oxygen atoms in total. The predicted octanol–water partition coefficient (Wildman–Crippen LogP) is 2.34. The lowest BCUT2D eigenvalue weighted by Crippen LogP contribution is -2.17. The molecule has 7 heteroatoms. The molecule has 0 heterocycles. The second kappa shape index (κ2) is 8.93. The largest absolute Gasteiger partial charge is 0.478 e. The van der Waals surface area contributed by atoms with Crippen LogP contribution >= 0.6 is 0 Å². The predicted molar refractivity (Wildman–Crippen MR) is 98.1 cm³/mol. The average Bonchev–Trinajstić information content (AvgIpc) is 2.62. The zero-order chi connectivity index (χ0) is 18.9. The van der Waals surface area contributed by atoms with Gasteiger partial charge in [-0.25, -0.2) is 10.2 Å². The Morgan fingerprint density at radius 1 is 0.962 bits per heavy atom. The van der Waals surface area contributed by atoms with Gasteiger partial charge < -0.3 is 10.4 Å². The third-order valence-electron chi connectivity index (χ3n) is 3.25. The van der Waals surface area contributed by atoms with Gasteiger partial charge in [0.1, 0.15) is 0 Å². The highest BCUT2D eigenvalue weighted by Gasteiger charge is 2.05. The summed E-state index contributed by atoms with van der Waals surface area (Å²) in [5, 5.41) is 14.8. The lowest BCUT2D eigenvalue weighted by atomic mass is 10.2. The van der Waals surface area contributed by atoms with E-state index in [1.54, 1.807) is 6.21 Å². The van der Waals surface area contributed by atoms with Crippen LogP contribution in [-0.2, 0) is 9.59 Å². The first-order valence-electron chi connectivity index (χ1n) is 7.66. The number of nitrogens with zero attached hydrogens (tertiary/aromatic N) is 1. The van der Waals surface area contributed by atoms with Crippen LogP contribution < -0.4 is 10.7 Å². The summed E-state index contributed by atoms with van der Waals surface area (Å²) >= 11 is 0. The molecule has 0 radical (unpaired) electrons. The van der Waals surface area contributed by atoms with Gasteiger partial charge in [0.25, 0.3) is 5.91 Å². The van der Waals surface area contributed by atoms with E-state index in [-0.39, 0.29) is 0 Å². The molecule has 0 saturated carbocycles. The van der Waals surface area contributed by atoms with Crippen LogP contribution in [0.1, 0.15) is 21.5 Å². The molecular weight excluding hydrogens is 334 g/mol. The Labute approximate surface area is 150 Å². The monoisotopic (exact) mass is 351 g/mol. The zero-order valence-corrected chi connectivity index (χ0v) is 14.0. The number of carboxylic acids is 1. The highest BCUT2D eigenvalue weighted by atomic mass is 16.4. The number of carbonyl (C=O) groups excluding carboxylic acids is 2. The third kappa shape index (κ3) is 6.04. The number of anilines is 1. The van der Waals surface area contributed by atoms with Gasteiger partial charge in [-0.05, 0) is 36.8 Å². The number of hydrazone groups is 1. The molecule has 2 aromatic carbocycles. The van der Waals surface area contributed by atoms with Gasteiger partial charge >= 0.3 is 5.97 Å². The van der Waals surface area contributed by atoms with Crippen LogP contribution in [0.2, 0.25) is 0 Å². The SMILES string of the molecule is Cc1ccc(C=NNC(=O)c2ccc(NC(=O)C=CC(=O)O)cc2)cc1. The molecule has 132 valence electrons. The number of nitrogens with one attached hydrogen (secondary N) is 2. The lowest BCUT2D eigenvalue weighted by molar-refractivity contribution is -0.131. The zero-order valence-electron chi connectivity index (χ0n) is 14.0. The van der Waals surface area contributed by atoms with E-state index in [4.69, 9.17) is 5.11 Å². The fraction of sp³-hybridized carbons (Fsp3) is 0.0526. The van der Waals surface area contributed by atoms with E-state index in [2.05, 4.69) is 15.8 Å². The van der Waals surface area contributed by atoms with Gasteiger partial charge in [-0.1, -0.05) is 29.8 Å². The number of aliphatic carboxylic acids is 1. The normalized spacial score (nSPS) is 10.8. The molecule has 0 bridgehead atoms. The Bertz CT molecular complexity index is 853. The van der Waals surface area contributed by atoms with Crippen molar-refractivity contribution in [3.63, 3.8) is 0 Å². The van der Waals surface area contributed by atoms with E-state index < -0.39 is 17.8 Å². The third-order valence-corrected chi connectivity index (χ3v) is 3.25. The van der Waals surface area contributed by atoms with Crippen LogP contribution in [0.3, 0.4) is 0 Å². The summed E-state index contributed by atoms with van der Waals surface area (Å²) in [5.74, 6) is -2.18. The molecule has 0 aliphatic carbocycles. The first-order valence-corrected chi connectivity index (χ1v) is 7.66. The Hall–Kier alpha value is -3.74. The topological polar surface area (TPSA) is 108 Å². The highest BCUT2D eigenvalue weighted by molar-refractivity contribution is 6.02. The number of carboxylic acid groups (broad SMARTS) is 1. The fourth-order valence-electron chi connectivity index (χ4n) is 1.92. The van der Waals surface area contributed by atoms with Crippen LogP contribution in [0.5, 0.6) is 0 Å². The molecule has 0 aliphatic rings. The molecule has 0 fully saturated rings. The maximum absolute atomic E-state index is 12.0.